The average molecular weight is 547 g/mol. The Morgan fingerprint density at radius 3 is 2.13 bits per heavy atom. The summed E-state index contributed by atoms with van der Waals surface area (Å²) in [5.41, 5.74) is -1.77. The largest absolute Gasteiger partial charge is 0.461 e. The first-order valence-electron chi connectivity index (χ1n) is 13.7. The van der Waals surface area contributed by atoms with E-state index in [1.54, 1.807) is 40.0 Å². The molecule has 9 nitrogen and oxygen atoms in total. The van der Waals surface area contributed by atoms with E-state index in [1.807, 2.05) is 27.7 Å². The normalized spacial score (nSPS) is 43.9. The molecule has 0 aromatic heterocycles. The van der Waals surface area contributed by atoms with Gasteiger partial charge >= 0.3 is 17.9 Å². The maximum Gasteiger partial charge on any atom is 0.334 e. The monoisotopic (exact) mass is 546 g/mol. The van der Waals surface area contributed by atoms with Crippen LogP contribution in [0.4, 0.5) is 0 Å². The van der Waals surface area contributed by atoms with Gasteiger partial charge in [0, 0.05) is 38.4 Å². The average Bonchev–Trinajstić information content (AvgIpc) is 3.64. The fourth-order valence-corrected chi connectivity index (χ4v) is 7.48. The van der Waals surface area contributed by atoms with Gasteiger partial charge in [-0.1, -0.05) is 33.8 Å². The van der Waals surface area contributed by atoms with Gasteiger partial charge in [0.15, 0.2) is 17.0 Å². The fraction of sp³-hybridized carbons (Fsp3) is 0.733. The number of ether oxygens (including phenoxy) is 5. The molecule has 4 rings (SSSR count). The Bertz CT molecular complexity index is 1140. The third kappa shape index (κ3) is 4.46. The van der Waals surface area contributed by atoms with Crippen molar-refractivity contribution in [1.29, 1.82) is 0 Å². The van der Waals surface area contributed by atoms with Crippen molar-refractivity contribution in [2.24, 2.45) is 29.1 Å². The van der Waals surface area contributed by atoms with E-state index in [1.165, 1.54) is 13.8 Å². The highest BCUT2D eigenvalue weighted by atomic mass is 16.7. The van der Waals surface area contributed by atoms with Gasteiger partial charge in [-0.15, -0.1) is 0 Å². The maximum absolute atomic E-state index is 14.3. The molecule has 3 aliphatic carbocycles. The number of rotatable bonds is 5. The van der Waals surface area contributed by atoms with Crippen molar-refractivity contribution in [3.63, 3.8) is 0 Å². The fourth-order valence-electron chi connectivity index (χ4n) is 7.48. The van der Waals surface area contributed by atoms with Crippen LogP contribution in [0.2, 0.25) is 0 Å². The van der Waals surface area contributed by atoms with E-state index in [9.17, 15) is 19.2 Å². The molecule has 0 aromatic rings. The molecule has 0 amide bonds. The molecular formula is C30H42O9. The first-order valence-corrected chi connectivity index (χ1v) is 13.7. The molecule has 0 spiro atoms. The Labute approximate surface area is 230 Å². The topological polar surface area (TPSA) is 118 Å². The molecule has 1 aliphatic heterocycles. The standard InChI is InChI=1S/C30H42O9/c1-11-14(2)27(34)38-22-15(3)12-30-26(37-19(7)32)16(4)13-29(30,39-30)25(33)17(5)23(36-18(6)31)20-21(24(22)35-10)28(20,8)9/h11-12,16-17,20-24,26H,13H2,1-10H3/b14-11-,15-12-/t16-,17-,20-,21+,22+,23?,24-,26-,29-,30?/m0/s1. The van der Waals surface area contributed by atoms with E-state index in [2.05, 4.69) is 0 Å². The van der Waals surface area contributed by atoms with Gasteiger partial charge in [-0.25, -0.2) is 4.79 Å². The minimum Gasteiger partial charge on any atom is -0.461 e. The van der Waals surface area contributed by atoms with E-state index in [-0.39, 0.29) is 29.0 Å². The highest BCUT2D eigenvalue weighted by Gasteiger charge is 2.84. The summed E-state index contributed by atoms with van der Waals surface area (Å²) >= 11 is 0. The molecule has 39 heavy (non-hydrogen) atoms. The third-order valence-corrected chi connectivity index (χ3v) is 9.54. The van der Waals surface area contributed by atoms with Crippen LogP contribution in [0.1, 0.15) is 68.7 Å². The number of hydrogen-bond acceptors (Lipinski definition) is 9. The molecule has 2 unspecified atom stereocenters. The van der Waals surface area contributed by atoms with Crippen molar-refractivity contribution >= 4 is 23.7 Å². The van der Waals surface area contributed by atoms with Crippen molar-refractivity contribution in [3.05, 3.63) is 23.3 Å². The van der Waals surface area contributed by atoms with Gasteiger partial charge in [-0.3, -0.25) is 14.4 Å². The zero-order chi connectivity index (χ0) is 29.2. The minimum absolute atomic E-state index is 0.174. The van der Waals surface area contributed by atoms with Crippen LogP contribution in [0.3, 0.4) is 0 Å². The molecule has 0 radical (unpaired) electrons. The molecule has 0 aromatic carbocycles. The molecule has 1 heterocycles. The lowest BCUT2D eigenvalue weighted by Crippen LogP contribution is -2.43. The van der Waals surface area contributed by atoms with Gasteiger partial charge in [0.25, 0.3) is 0 Å². The first kappa shape index (κ1) is 29.5. The second kappa shape index (κ2) is 9.84. The Morgan fingerprint density at radius 2 is 1.59 bits per heavy atom. The molecule has 0 N–H and O–H groups in total. The van der Waals surface area contributed by atoms with E-state index in [0.29, 0.717) is 17.6 Å². The molecule has 0 bridgehead atoms. The number of allylic oxidation sites excluding steroid dienone is 1. The van der Waals surface area contributed by atoms with Gasteiger partial charge in [0.2, 0.25) is 0 Å². The van der Waals surface area contributed by atoms with Gasteiger partial charge in [-0.05, 0) is 50.2 Å². The van der Waals surface area contributed by atoms with Crippen LogP contribution in [-0.4, -0.2) is 66.4 Å². The molecule has 3 fully saturated rings. The summed E-state index contributed by atoms with van der Waals surface area (Å²) in [6.07, 6.45) is 0.965. The van der Waals surface area contributed by atoms with Gasteiger partial charge in [-0.2, -0.15) is 0 Å². The number of fused-ring (bicyclic) bond motifs is 1. The Kier molecular flexibility index (Phi) is 7.43. The number of esters is 3. The van der Waals surface area contributed by atoms with Crippen molar-refractivity contribution in [2.75, 3.05) is 7.11 Å². The van der Waals surface area contributed by atoms with Crippen LogP contribution in [0.25, 0.3) is 0 Å². The number of methoxy groups -OCH3 is 1. The lowest BCUT2D eigenvalue weighted by Gasteiger charge is -2.30. The van der Waals surface area contributed by atoms with Crippen LogP contribution in [0.5, 0.6) is 0 Å². The Balaban J connectivity index is 1.92. The summed E-state index contributed by atoms with van der Waals surface area (Å²) in [5.74, 6) is -2.90. The number of ketones is 1. The summed E-state index contributed by atoms with van der Waals surface area (Å²) in [6.45, 7) is 15.7. The van der Waals surface area contributed by atoms with Crippen molar-refractivity contribution in [2.45, 2.75) is 104 Å². The number of epoxide rings is 1. The summed E-state index contributed by atoms with van der Waals surface area (Å²) in [4.78, 5) is 51.7. The van der Waals surface area contributed by atoms with Crippen LogP contribution in [0.15, 0.2) is 23.3 Å². The lowest BCUT2D eigenvalue weighted by atomic mass is 9.80. The molecule has 4 aliphatic rings. The van der Waals surface area contributed by atoms with Crippen molar-refractivity contribution < 1.29 is 42.9 Å². The minimum atomic E-state index is -1.25. The number of hydrogen-bond donors (Lipinski definition) is 0. The Morgan fingerprint density at radius 1 is 1.00 bits per heavy atom. The van der Waals surface area contributed by atoms with Crippen LogP contribution >= 0.6 is 0 Å². The summed E-state index contributed by atoms with van der Waals surface area (Å²) in [5, 5.41) is 0. The second-order valence-corrected chi connectivity index (χ2v) is 12.4. The van der Waals surface area contributed by atoms with E-state index >= 15 is 0 Å². The lowest BCUT2D eigenvalue weighted by molar-refractivity contribution is -0.154. The highest BCUT2D eigenvalue weighted by molar-refractivity contribution is 5.96. The predicted octanol–water partition coefficient (Wildman–Crippen LogP) is 3.73. The SMILES string of the molecule is C/C=C(/C)C(=O)O[C@@H]1/C(C)=C\C23O[C@@]2(C[C@H](C)[C@@H]3OC(C)=O)C(=O)[C@@H](C)C(OC(C)=O)[C@@H]2[C@H]([C@@H]1OC)C2(C)C. The van der Waals surface area contributed by atoms with E-state index < -0.39 is 59.4 Å². The number of carbonyl (C=O) groups is 4. The molecule has 1 saturated heterocycles. The zero-order valence-corrected chi connectivity index (χ0v) is 24.7. The summed E-state index contributed by atoms with van der Waals surface area (Å²) in [6, 6.07) is 0. The van der Waals surface area contributed by atoms with Crippen LogP contribution in [0, 0.1) is 29.1 Å². The predicted molar refractivity (Wildman–Crippen MR) is 140 cm³/mol. The number of carbonyl (C=O) groups excluding carboxylic acids is 4. The van der Waals surface area contributed by atoms with Crippen LogP contribution in [-0.2, 0) is 42.9 Å². The quantitative estimate of drug-likeness (QED) is 0.167. The summed E-state index contributed by atoms with van der Waals surface area (Å²) < 4.78 is 30.1. The van der Waals surface area contributed by atoms with Gasteiger partial charge < -0.3 is 23.7 Å². The van der Waals surface area contributed by atoms with Gasteiger partial charge in [0.05, 0.1) is 5.92 Å². The third-order valence-electron chi connectivity index (χ3n) is 9.54. The maximum atomic E-state index is 14.3. The van der Waals surface area contributed by atoms with Crippen molar-refractivity contribution in [1.82, 2.24) is 0 Å². The van der Waals surface area contributed by atoms with E-state index in [4.69, 9.17) is 23.7 Å². The highest BCUT2D eigenvalue weighted by Crippen LogP contribution is 2.68. The molecule has 2 saturated carbocycles. The molecular weight excluding hydrogens is 504 g/mol. The second-order valence-electron chi connectivity index (χ2n) is 12.4. The molecule has 10 atom stereocenters. The van der Waals surface area contributed by atoms with Crippen LogP contribution < -0.4 is 0 Å². The Hall–Kier alpha value is -2.52. The first-order chi connectivity index (χ1) is 18.1. The van der Waals surface area contributed by atoms with E-state index in [0.717, 1.165) is 0 Å². The smallest absolute Gasteiger partial charge is 0.334 e. The number of Topliss-reactive ketones (excluding diaryl/α,β-unsaturated/α-hetero) is 1. The van der Waals surface area contributed by atoms with Crippen molar-refractivity contribution in [3.8, 4) is 0 Å². The molecule has 216 valence electrons. The summed E-state index contributed by atoms with van der Waals surface area (Å²) in [7, 11) is 1.57. The van der Waals surface area contributed by atoms with Gasteiger partial charge in [0.1, 0.15) is 24.4 Å². The molecule has 9 heteroatoms. The zero-order valence-electron chi connectivity index (χ0n) is 24.7.